The third-order valence-electron chi connectivity index (χ3n) is 2.95. The van der Waals surface area contributed by atoms with Gasteiger partial charge in [0.1, 0.15) is 16.7 Å². The van der Waals surface area contributed by atoms with Crippen molar-refractivity contribution in [2.24, 2.45) is 5.84 Å². The molecule has 6 heteroatoms. The van der Waals surface area contributed by atoms with Crippen LogP contribution in [0, 0.1) is 6.92 Å². The van der Waals surface area contributed by atoms with Crippen molar-refractivity contribution in [3.63, 3.8) is 0 Å². The van der Waals surface area contributed by atoms with Crippen molar-refractivity contribution in [1.29, 1.82) is 0 Å². The van der Waals surface area contributed by atoms with Gasteiger partial charge in [0.25, 0.3) is 0 Å². The number of halogens is 1. The maximum Gasteiger partial charge on any atom is 0.147 e. The lowest BCUT2D eigenvalue weighted by Gasteiger charge is -2.20. The van der Waals surface area contributed by atoms with E-state index >= 15 is 0 Å². The Bertz CT molecular complexity index is 653. The number of hydrogen-bond acceptors (Lipinski definition) is 5. The van der Waals surface area contributed by atoms with E-state index in [0.29, 0.717) is 5.82 Å². The predicted molar refractivity (Wildman–Crippen MR) is 91.5 cm³/mol. The van der Waals surface area contributed by atoms with E-state index in [-0.39, 0.29) is 5.41 Å². The fraction of sp³-hybridized carbons (Fsp3) is 0.333. The molecule has 0 aliphatic carbocycles. The molecule has 2 aromatic rings. The van der Waals surface area contributed by atoms with Crippen molar-refractivity contribution in [2.45, 2.75) is 43.0 Å². The van der Waals surface area contributed by atoms with Crippen molar-refractivity contribution < 1.29 is 0 Å². The zero-order chi connectivity index (χ0) is 15.6. The van der Waals surface area contributed by atoms with Crippen LogP contribution in [0.15, 0.2) is 38.7 Å². The number of nitrogen functional groups attached to an aromatic ring is 1. The third-order valence-corrected chi connectivity index (χ3v) is 5.07. The molecule has 0 saturated carbocycles. The summed E-state index contributed by atoms with van der Waals surface area (Å²) in [6.07, 6.45) is 0. The molecule has 0 radical (unpaired) electrons. The Kier molecular flexibility index (Phi) is 4.91. The average molecular weight is 367 g/mol. The molecule has 112 valence electrons. The Morgan fingerprint density at radius 3 is 2.43 bits per heavy atom. The van der Waals surface area contributed by atoms with E-state index in [0.717, 1.165) is 25.8 Å². The monoisotopic (exact) mass is 366 g/mol. The highest BCUT2D eigenvalue weighted by molar-refractivity contribution is 9.10. The Morgan fingerprint density at radius 2 is 1.86 bits per heavy atom. The van der Waals surface area contributed by atoms with Gasteiger partial charge >= 0.3 is 0 Å². The highest BCUT2D eigenvalue weighted by Gasteiger charge is 2.21. The van der Waals surface area contributed by atoms with Crippen LogP contribution in [0.1, 0.15) is 32.2 Å². The minimum atomic E-state index is -0.136. The summed E-state index contributed by atoms with van der Waals surface area (Å²) in [5.74, 6) is 7.04. The van der Waals surface area contributed by atoms with Gasteiger partial charge in [-0.25, -0.2) is 15.8 Å². The SMILES string of the molecule is Cc1c(NN)nc(C(C)(C)C)nc1Sc1ccccc1Br. The molecule has 1 aromatic heterocycles. The number of rotatable bonds is 3. The molecule has 0 amide bonds. The molecule has 2 rings (SSSR count). The number of anilines is 1. The van der Waals surface area contributed by atoms with Gasteiger partial charge in [-0.15, -0.1) is 0 Å². The average Bonchev–Trinajstić information content (AvgIpc) is 2.42. The molecule has 3 N–H and O–H groups in total. The van der Waals surface area contributed by atoms with E-state index in [9.17, 15) is 0 Å². The van der Waals surface area contributed by atoms with Crippen LogP contribution in [0.2, 0.25) is 0 Å². The number of hydrazine groups is 1. The van der Waals surface area contributed by atoms with E-state index in [1.165, 1.54) is 0 Å². The smallest absolute Gasteiger partial charge is 0.147 e. The van der Waals surface area contributed by atoms with Crippen LogP contribution in [0.25, 0.3) is 0 Å². The second-order valence-corrected chi connectivity index (χ2v) is 7.64. The van der Waals surface area contributed by atoms with Crippen molar-refractivity contribution >= 4 is 33.5 Å². The Morgan fingerprint density at radius 1 is 1.19 bits per heavy atom. The lowest BCUT2D eigenvalue weighted by Crippen LogP contribution is -2.20. The largest absolute Gasteiger partial charge is 0.308 e. The van der Waals surface area contributed by atoms with Crippen LogP contribution in [0.4, 0.5) is 5.82 Å². The molecule has 21 heavy (non-hydrogen) atoms. The van der Waals surface area contributed by atoms with E-state index in [1.54, 1.807) is 11.8 Å². The highest BCUT2D eigenvalue weighted by Crippen LogP contribution is 2.36. The van der Waals surface area contributed by atoms with Gasteiger partial charge in [-0.1, -0.05) is 44.7 Å². The summed E-state index contributed by atoms with van der Waals surface area (Å²) < 4.78 is 1.05. The first-order valence-corrected chi connectivity index (χ1v) is 8.22. The van der Waals surface area contributed by atoms with Gasteiger partial charge in [0.2, 0.25) is 0 Å². The topological polar surface area (TPSA) is 63.8 Å². The van der Waals surface area contributed by atoms with Crippen molar-refractivity contribution in [2.75, 3.05) is 5.43 Å². The molecule has 0 aliphatic rings. The van der Waals surface area contributed by atoms with Gasteiger partial charge in [0.15, 0.2) is 0 Å². The van der Waals surface area contributed by atoms with E-state index in [4.69, 9.17) is 10.8 Å². The summed E-state index contributed by atoms with van der Waals surface area (Å²) >= 11 is 5.17. The van der Waals surface area contributed by atoms with Gasteiger partial charge in [-0.05, 0) is 35.0 Å². The van der Waals surface area contributed by atoms with Gasteiger partial charge in [-0.3, -0.25) is 0 Å². The molecule has 1 heterocycles. The molecule has 0 saturated heterocycles. The number of aromatic nitrogens is 2. The van der Waals surface area contributed by atoms with Gasteiger partial charge < -0.3 is 5.43 Å². The number of nitrogens with zero attached hydrogens (tertiary/aromatic N) is 2. The zero-order valence-electron chi connectivity index (χ0n) is 12.6. The lowest BCUT2D eigenvalue weighted by atomic mass is 9.95. The van der Waals surface area contributed by atoms with Crippen LogP contribution >= 0.6 is 27.7 Å². The molecule has 0 bridgehead atoms. The van der Waals surface area contributed by atoms with Crippen molar-refractivity contribution in [1.82, 2.24) is 9.97 Å². The normalized spacial score (nSPS) is 11.5. The van der Waals surface area contributed by atoms with Gasteiger partial charge in [0.05, 0.1) is 0 Å². The number of benzene rings is 1. The summed E-state index contributed by atoms with van der Waals surface area (Å²) in [5, 5.41) is 0.912. The standard InChI is InChI=1S/C15H19BrN4S/c1-9-12(20-17)18-14(15(2,3)4)19-13(9)21-11-8-6-5-7-10(11)16/h5-8H,17H2,1-4H3,(H,18,19,20). The molecule has 0 fully saturated rings. The number of nitrogens with two attached hydrogens (primary N) is 1. The highest BCUT2D eigenvalue weighted by atomic mass is 79.9. The van der Waals surface area contributed by atoms with Crippen LogP contribution in [0.5, 0.6) is 0 Å². The van der Waals surface area contributed by atoms with E-state index in [2.05, 4.69) is 53.2 Å². The van der Waals surface area contributed by atoms with E-state index < -0.39 is 0 Å². The molecule has 4 nitrogen and oxygen atoms in total. The summed E-state index contributed by atoms with van der Waals surface area (Å²) in [5.41, 5.74) is 3.49. The predicted octanol–water partition coefficient (Wildman–Crippen LogP) is 4.28. The summed E-state index contributed by atoms with van der Waals surface area (Å²) in [7, 11) is 0. The molecule has 0 atom stereocenters. The maximum absolute atomic E-state index is 5.60. The van der Waals surface area contributed by atoms with Gasteiger partial charge in [-0.2, -0.15) is 0 Å². The molecular weight excluding hydrogens is 348 g/mol. The Balaban J connectivity index is 2.50. The van der Waals surface area contributed by atoms with Crippen LogP contribution in [-0.2, 0) is 5.41 Å². The van der Waals surface area contributed by atoms with Crippen LogP contribution in [-0.4, -0.2) is 9.97 Å². The minimum Gasteiger partial charge on any atom is -0.308 e. The van der Waals surface area contributed by atoms with Gasteiger partial charge in [0, 0.05) is 20.3 Å². The minimum absolute atomic E-state index is 0.136. The van der Waals surface area contributed by atoms with E-state index in [1.807, 2.05) is 25.1 Å². The molecule has 0 spiro atoms. The number of nitrogens with one attached hydrogen (secondary N) is 1. The fourth-order valence-corrected chi connectivity index (χ4v) is 3.13. The molecule has 1 aromatic carbocycles. The fourth-order valence-electron chi connectivity index (χ4n) is 1.70. The summed E-state index contributed by atoms with van der Waals surface area (Å²) in [6, 6.07) is 8.08. The van der Waals surface area contributed by atoms with Crippen LogP contribution in [0.3, 0.4) is 0 Å². The zero-order valence-corrected chi connectivity index (χ0v) is 15.0. The quantitative estimate of drug-likeness (QED) is 0.482. The Hall–Kier alpha value is -1.11. The van der Waals surface area contributed by atoms with Crippen molar-refractivity contribution in [3.8, 4) is 0 Å². The first kappa shape index (κ1) is 16.3. The summed E-state index contributed by atoms with van der Waals surface area (Å²) in [4.78, 5) is 10.4. The molecular formula is C15H19BrN4S. The Labute approximate surface area is 138 Å². The second kappa shape index (κ2) is 6.34. The number of hydrogen-bond donors (Lipinski definition) is 2. The van der Waals surface area contributed by atoms with Crippen molar-refractivity contribution in [3.05, 3.63) is 40.1 Å². The third kappa shape index (κ3) is 3.75. The lowest BCUT2D eigenvalue weighted by molar-refractivity contribution is 0.538. The first-order valence-electron chi connectivity index (χ1n) is 6.61. The molecule has 0 unspecified atom stereocenters. The summed E-state index contributed by atoms with van der Waals surface area (Å²) in [6.45, 7) is 8.24. The first-order chi connectivity index (χ1) is 9.82. The molecule has 0 aliphatic heterocycles. The van der Waals surface area contributed by atoms with Crippen LogP contribution < -0.4 is 11.3 Å². The second-order valence-electron chi connectivity index (χ2n) is 5.75. The maximum atomic E-state index is 5.60.